The second-order valence-corrected chi connectivity index (χ2v) is 19.5. The Balaban J connectivity index is 0.00000861. The van der Waals surface area contributed by atoms with Gasteiger partial charge < -0.3 is 5.11 Å². The van der Waals surface area contributed by atoms with Crippen LogP contribution < -0.4 is 0 Å². The zero-order valence-corrected chi connectivity index (χ0v) is 42.9. The molecule has 0 unspecified atom stereocenters. The van der Waals surface area contributed by atoms with Crippen LogP contribution in [0.25, 0.3) is 72.7 Å². The van der Waals surface area contributed by atoms with Crippen molar-refractivity contribution in [1.82, 2.24) is 14.5 Å². The Morgan fingerprint density at radius 3 is 1.94 bits per heavy atom. The van der Waals surface area contributed by atoms with Crippen LogP contribution in [-0.4, -0.2) is 19.6 Å². The van der Waals surface area contributed by atoms with Gasteiger partial charge in [-0.25, -0.2) is 4.98 Å². The van der Waals surface area contributed by atoms with Gasteiger partial charge in [-0.2, -0.15) is 0 Å². The van der Waals surface area contributed by atoms with E-state index in [1.165, 1.54) is 17.3 Å². The Hall–Kier alpha value is -5.57. The van der Waals surface area contributed by atoms with E-state index in [0.717, 1.165) is 47.9 Å². The molecule has 8 aromatic rings. The number of pyridine rings is 1. The van der Waals surface area contributed by atoms with Crippen LogP contribution in [0.3, 0.4) is 0 Å². The van der Waals surface area contributed by atoms with E-state index in [9.17, 15) is 9.22 Å². The van der Waals surface area contributed by atoms with E-state index in [1.54, 1.807) is 12.1 Å². The van der Waals surface area contributed by atoms with E-state index >= 15 is 0 Å². The first kappa shape index (κ1) is 37.4. The van der Waals surface area contributed by atoms with Gasteiger partial charge in [-0.1, -0.05) is 152 Å². The Labute approximate surface area is 429 Å². The predicted molar refractivity (Wildman–Crippen MR) is 280 cm³/mol. The molecule has 0 aliphatic carbocycles. The molecule has 0 atom stereocenters. The summed E-state index contributed by atoms with van der Waals surface area (Å²) >= 11 is 0. The average Bonchev–Trinajstić information content (AvgIpc) is 3.83. The molecule has 5 heteroatoms. The quantitative estimate of drug-likeness (QED) is 0.124. The first-order valence-corrected chi connectivity index (χ1v) is 23.3. The number of aryl methyl sites for hydroxylation is 3. The molecule has 2 aromatic heterocycles. The van der Waals surface area contributed by atoms with Gasteiger partial charge >= 0.3 is 0 Å². The van der Waals surface area contributed by atoms with Gasteiger partial charge in [0.15, 0.2) is 0 Å². The molecule has 0 amide bonds. The summed E-state index contributed by atoms with van der Waals surface area (Å²) in [5, 5.41) is 11.9. The fourth-order valence-electron chi connectivity index (χ4n) is 9.37. The molecular weight excluding hydrogens is 998 g/mol. The number of hydrogen-bond donors (Lipinski definition) is 1. The molecule has 0 bridgehead atoms. The van der Waals surface area contributed by atoms with E-state index in [-0.39, 0.29) is 48.8 Å². The number of nitrogens with zero attached hydrogens (tertiary/aromatic N) is 3. The van der Waals surface area contributed by atoms with Gasteiger partial charge in [0.05, 0.1) is 27.8 Å². The molecule has 348 valence electrons. The number of phenolic OH excluding ortho intramolecular Hbond substituents is 1. The van der Waals surface area contributed by atoms with Gasteiger partial charge in [0, 0.05) is 41.2 Å². The molecule has 6 aromatic carbocycles. The van der Waals surface area contributed by atoms with Crippen LogP contribution in [-0.2, 0) is 37.3 Å². The van der Waals surface area contributed by atoms with Crippen molar-refractivity contribution in [2.24, 2.45) is 0 Å². The van der Waals surface area contributed by atoms with Crippen molar-refractivity contribution < 1.29 is 39.9 Å². The van der Waals surface area contributed by atoms with Crippen LogP contribution in [0.4, 0.5) is 0 Å². The normalized spacial score (nSPS) is 14.7. The number of hydrogen-bond acceptors (Lipinski definition) is 3. The summed E-state index contributed by atoms with van der Waals surface area (Å²) in [7, 11) is 0. The van der Waals surface area contributed by atoms with Crippen molar-refractivity contribution in [3.05, 3.63) is 166 Å². The van der Waals surface area contributed by atoms with Crippen LogP contribution in [0.15, 0.2) is 121 Å². The number of benzene rings is 6. The van der Waals surface area contributed by atoms with Gasteiger partial charge in [0.25, 0.3) is 0 Å². The number of imidazole rings is 1. The van der Waals surface area contributed by atoms with E-state index in [0.29, 0.717) is 61.6 Å². The Morgan fingerprint density at radius 2 is 1.31 bits per heavy atom. The average molecular weight is 1080 g/mol. The molecule has 0 aliphatic heterocycles. The molecule has 1 N–H and O–H groups in total. The molecule has 8 rings (SSSR count). The van der Waals surface area contributed by atoms with Gasteiger partial charge in [-0.15, -0.1) is 29.3 Å². The topological polar surface area (TPSA) is 50.9 Å². The van der Waals surface area contributed by atoms with Gasteiger partial charge in [-0.3, -0.25) is 9.55 Å². The molecule has 4 nitrogen and oxygen atoms in total. The number of rotatable bonds is 12. The van der Waals surface area contributed by atoms with Crippen LogP contribution in [0.5, 0.6) is 5.75 Å². The smallest absolute Gasteiger partial charge is 0.148 e. The molecule has 0 fully saturated rings. The summed E-state index contributed by atoms with van der Waals surface area (Å²) in [5.74, 6) is 0.377. The second-order valence-electron chi connectivity index (χ2n) is 19.5. The summed E-state index contributed by atoms with van der Waals surface area (Å²) in [6.45, 7) is 18.0. The molecule has 67 heavy (non-hydrogen) atoms. The van der Waals surface area contributed by atoms with Gasteiger partial charge in [-0.05, 0) is 150 Å². The van der Waals surface area contributed by atoms with Gasteiger partial charge in [0.2, 0.25) is 0 Å². The standard InChI is InChI=1S/C62H68N3O.Pt/c1-14-61(12,15-2)51-21-19-22-52(62(13,16-3)17-4)56(51)45-28-29-54(41(7)34-45)65-55-23-18-20-49(57(55)64-59(65)50-33-40(6)32-42(8)58(50)66)46-35-47(37-48(36-46)60(9,10)11)53-38-44(30-31-63-53)43-26-24-39(5)25-27-43;/h18-34,36-38,66H,14-17H2,1-13H3;/q-1;/i5D3,7D3,24D,25D,26D,27D;. The fourth-order valence-corrected chi connectivity index (χ4v) is 9.37. The molecule has 0 spiro atoms. The van der Waals surface area contributed by atoms with E-state index in [4.69, 9.17) is 19.6 Å². The van der Waals surface area contributed by atoms with E-state index < -0.39 is 48.9 Å². The SMILES string of the molecule is [2H]c1c([2H])c(C([2H])([2H])[2H])c([2H])c([2H])c1-c1ccnc(-c2[c-]c(-c3cccc4c3nc(-c3cc(C)cc(C)c3O)n4-c3ccc(-c4c(C(C)(CC)CC)cccc4C(C)(CC)CC)cc3C([2H])([2H])[2H])cc(C(C)(C)C)c2)c1.[Pt]. The molecule has 0 aliphatic rings. The minimum absolute atomic E-state index is 0. The number of aromatic hydroxyl groups is 1. The van der Waals surface area contributed by atoms with Crippen LogP contribution in [0.1, 0.15) is 141 Å². The monoisotopic (exact) mass is 1080 g/mol. The first-order chi connectivity index (χ1) is 35.5. The fraction of sp³-hybridized carbons (Fsp3) is 0.323. The van der Waals surface area contributed by atoms with Gasteiger partial charge in [0.1, 0.15) is 11.6 Å². The maximum absolute atomic E-state index is 11.9. The van der Waals surface area contributed by atoms with Crippen LogP contribution >= 0.6 is 0 Å². The number of para-hydroxylation sites is 1. The summed E-state index contributed by atoms with van der Waals surface area (Å²) in [6.07, 6.45) is 5.11. The summed E-state index contributed by atoms with van der Waals surface area (Å²) < 4.78 is 88.3. The zero-order valence-electron chi connectivity index (χ0n) is 50.7. The number of phenols is 1. The van der Waals surface area contributed by atoms with Crippen molar-refractivity contribution in [3.63, 3.8) is 0 Å². The minimum Gasteiger partial charge on any atom is -0.507 e. The third-order valence-electron chi connectivity index (χ3n) is 14.4. The Kier molecular flexibility index (Phi) is 10.7. The Morgan fingerprint density at radius 1 is 0.657 bits per heavy atom. The summed E-state index contributed by atoms with van der Waals surface area (Å²) in [6, 6.07) is 30.6. The summed E-state index contributed by atoms with van der Waals surface area (Å²) in [4.78, 5) is 10.1. The third-order valence-corrected chi connectivity index (χ3v) is 14.4. The number of aromatic nitrogens is 3. The van der Waals surface area contributed by atoms with Crippen LogP contribution in [0, 0.1) is 33.6 Å². The van der Waals surface area contributed by atoms with Crippen LogP contribution in [0.2, 0.25) is 0 Å². The molecule has 0 saturated heterocycles. The largest absolute Gasteiger partial charge is 0.507 e. The third kappa shape index (κ3) is 9.24. The predicted octanol–water partition coefficient (Wildman–Crippen LogP) is 16.9. The molecule has 0 saturated carbocycles. The molecule has 0 radical (unpaired) electrons. The first-order valence-electron chi connectivity index (χ1n) is 28.3. The van der Waals surface area contributed by atoms with Crippen molar-refractivity contribution in [2.45, 2.75) is 132 Å². The molecule has 2 heterocycles. The Bertz CT molecular complexity index is 3500. The second kappa shape index (κ2) is 19.2. The van der Waals surface area contributed by atoms with Crippen molar-refractivity contribution in [2.75, 3.05) is 0 Å². The van der Waals surface area contributed by atoms with Crippen molar-refractivity contribution >= 4 is 11.0 Å². The minimum atomic E-state index is -2.85. The maximum Gasteiger partial charge on any atom is 0.148 e. The number of fused-ring (bicyclic) bond motifs is 1. The maximum atomic E-state index is 11.9. The molecular formula is C62H68N3OPt-. The van der Waals surface area contributed by atoms with E-state index in [2.05, 4.69) is 86.6 Å². The van der Waals surface area contributed by atoms with Crippen molar-refractivity contribution in [1.29, 1.82) is 0 Å². The zero-order chi connectivity index (χ0) is 55.8. The van der Waals surface area contributed by atoms with Crippen molar-refractivity contribution in [3.8, 4) is 67.5 Å². The summed E-state index contributed by atoms with van der Waals surface area (Å²) in [5.41, 5.74) is 9.99. The van der Waals surface area contributed by atoms with E-state index in [1.807, 2.05) is 79.1 Å².